The topological polar surface area (TPSA) is 44.1 Å². The van der Waals surface area contributed by atoms with Crippen molar-refractivity contribution in [2.24, 2.45) is 0 Å². The van der Waals surface area contributed by atoms with Crippen LogP contribution in [0.2, 0.25) is 0 Å². The van der Waals surface area contributed by atoms with Gasteiger partial charge in [-0.1, -0.05) is 6.07 Å². The number of ether oxygens (including phenoxy) is 1. The van der Waals surface area contributed by atoms with Crippen molar-refractivity contribution in [3.8, 4) is 5.69 Å². The summed E-state index contributed by atoms with van der Waals surface area (Å²) >= 11 is 0. The van der Waals surface area contributed by atoms with Crippen LogP contribution in [0.15, 0.2) is 48.7 Å². The first-order valence-electron chi connectivity index (χ1n) is 7.22. The summed E-state index contributed by atoms with van der Waals surface area (Å²) in [4.78, 5) is 11.7. The van der Waals surface area contributed by atoms with E-state index < -0.39 is 17.7 Å². The molecule has 0 spiro atoms. The molecule has 3 rings (SSSR count). The third kappa shape index (κ3) is 3.10. The van der Waals surface area contributed by atoms with Gasteiger partial charge in [0.2, 0.25) is 0 Å². The molecule has 0 fully saturated rings. The normalized spacial score (nSPS) is 11.7. The van der Waals surface area contributed by atoms with E-state index in [4.69, 9.17) is 4.74 Å². The van der Waals surface area contributed by atoms with Crippen molar-refractivity contribution in [2.45, 2.75) is 13.1 Å². The molecule has 0 aliphatic heterocycles. The Morgan fingerprint density at radius 3 is 2.71 bits per heavy atom. The number of esters is 1. The monoisotopic (exact) mass is 334 g/mol. The fourth-order valence-corrected chi connectivity index (χ4v) is 2.32. The average molecular weight is 334 g/mol. The maximum atomic E-state index is 12.8. The van der Waals surface area contributed by atoms with Crippen LogP contribution in [0.4, 0.5) is 13.2 Å². The summed E-state index contributed by atoms with van der Waals surface area (Å²) in [5, 5.41) is 4.89. The molecule has 2 aromatic carbocycles. The lowest BCUT2D eigenvalue weighted by Crippen LogP contribution is -2.06. The molecule has 1 aromatic heterocycles. The SMILES string of the molecule is CCOC(=O)c1ccc2nn(-c3cccc(C(F)(F)F)c3)cc2c1. The summed E-state index contributed by atoms with van der Waals surface area (Å²) in [6, 6.07) is 9.70. The van der Waals surface area contributed by atoms with Gasteiger partial charge >= 0.3 is 12.1 Å². The Hall–Kier alpha value is -2.83. The first-order chi connectivity index (χ1) is 11.4. The molecule has 3 aromatic rings. The second-order valence-electron chi connectivity index (χ2n) is 5.12. The second-order valence-corrected chi connectivity index (χ2v) is 5.12. The van der Waals surface area contributed by atoms with Gasteiger partial charge in [-0.3, -0.25) is 0 Å². The molecule has 0 amide bonds. The van der Waals surface area contributed by atoms with Crippen molar-refractivity contribution < 1.29 is 22.7 Å². The maximum absolute atomic E-state index is 12.8. The van der Waals surface area contributed by atoms with Crippen molar-refractivity contribution in [2.75, 3.05) is 6.61 Å². The molecule has 0 unspecified atom stereocenters. The van der Waals surface area contributed by atoms with Crippen molar-refractivity contribution in [1.82, 2.24) is 9.78 Å². The molecule has 7 heteroatoms. The van der Waals surface area contributed by atoms with E-state index >= 15 is 0 Å². The summed E-state index contributed by atoms with van der Waals surface area (Å²) in [5.41, 5.74) is 0.485. The van der Waals surface area contributed by atoms with Gasteiger partial charge in [0.1, 0.15) is 0 Å². The maximum Gasteiger partial charge on any atom is 0.416 e. The third-order valence-electron chi connectivity index (χ3n) is 3.45. The molecule has 0 radical (unpaired) electrons. The first kappa shape index (κ1) is 16.0. The number of halogens is 3. The molecular weight excluding hydrogens is 321 g/mol. The first-order valence-corrected chi connectivity index (χ1v) is 7.22. The van der Waals surface area contributed by atoms with Gasteiger partial charge in [-0.2, -0.15) is 18.3 Å². The molecule has 0 N–H and O–H groups in total. The Labute approximate surface area is 135 Å². The predicted molar refractivity (Wildman–Crippen MR) is 82.0 cm³/mol. The molecule has 0 aliphatic rings. The van der Waals surface area contributed by atoms with Crippen LogP contribution in [0, 0.1) is 0 Å². The van der Waals surface area contributed by atoms with E-state index in [1.807, 2.05) is 0 Å². The molecule has 0 atom stereocenters. The summed E-state index contributed by atoms with van der Waals surface area (Å²) in [6.07, 6.45) is -2.84. The van der Waals surface area contributed by atoms with Crippen molar-refractivity contribution >= 4 is 16.9 Å². The van der Waals surface area contributed by atoms with Crippen LogP contribution in [0.25, 0.3) is 16.6 Å². The average Bonchev–Trinajstić information content (AvgIpc) is 2.97. The van der Waals surface area contributed by atoms with Crippen LogP contribution in [-0.2, 0) is 10.9 Å². The lowest BCUT2D eigenvalue weighted by molar-refractivity contribution is -0.137. The van der Waals surface area contributed by atoms with Gasteiger partial charge in [-0.05, 0) is 43.3 Å². The minimum absolute atomic E-state index is 0.264. The summed E-state index contributed by atoms with van der Waals surface area (Å²) in [6.45, 7) is 1.97. The van der Waals surface area contributed by atoms with Gasteiger partial charge in [0.25, 0.3) is 0 Å². The largest absolute Gasteiger partial charge is 0.462 e. The van der Waals surface area contributed by atoms with Crippen LogP contribution in [0.1, 0.15) is 22.8 Å². The van der Waals surface area contributed by atoms with Crippen LogP contribution in [0.5, 0.6) is 0 Å². The van der Waals surface area contributed by atoms with E-state index in [0.29, 0.717) is 22.2 Å². The van der Waals surface area contributed by atoms with Crippen molar-refractivity contribution in [3.05, 3.63) is 59.8 Å². The number of hydrogen-bond acceptors (Lipinski definition) is 3. The van der Waals surface area contributed by atoms with Crippen LogP contribution in [-0.4, -0.2) is 22.4 Å². The number of benzene rings is 2. The number of carbonyl (C=O) groups is 1. The van der Waals surface area contributed by atoms with Gasteiger partial charge in [0.05, 0.1) is 28.9 Å². The summed E-state index contributed by atoms with van der Waals surface area (Å²) in [7, 11) is 0. The van der Waals surface area contributed by atoms with Crippen molar-refractivity contribution in [3.63, 3.8) is 0 Å². The highest BCUT2D eigenvalue weighted by atomic mass is 19.4. The lowest BCUT2D eigenvalue weighted by atomic mass is 10.1. The highest BCUT2D eigenvalue weighted by Gasteiger charge is 2.30. The molecular formula is C17H13F3N2O2. The zero-order chi connectivity index (χ0) is 17.3. The number of alkyl halides is 3. The standard InChI is InChI=1S/C17H13F3N2O2/c1-2-24-16(23)11-6-7-15-12(8-11)10-22(21-15)14-5-3-4-13(9-14)17(18,19)20/h3-10H,2H2,1H3. The second kappa shape index (κ2) is 5.99. The Bertz CT molecular complexity index is 900. The van der Waals surface area contributed by atoms with E-state index in [1.165, 1.54) is 16.8 Å². The highest BCUT2D eigenvalue weighted by Crippen LogP contribution is 2.30. The molecule has 0 aliphatic carbocycles. The van der Waals surface area contributed by atoms with Crippen LogP contribution in [0.3, 0.4) is 0 Å². The molecule has 124 valence electrons. The summed E-state index contributed by atoms with van der Waals surface area (Å²) < 4.78 is 44.8. The molecule has 0 saturated heterocycles. The fourth-order valence-electron chi connectivity index (χ4n) is 2.32. The Balaban J connectivity index is 2.01. The minimum Gasteiger partial charge on any atom is -0.462 e. The molecule has 4 nitrogen and oxygen atoms in total. The van der Waals surface area contributed by atoms with Gasteiger partial charge in [-0.15, -0.1) is 0 Å². The van der Waals surface area contributed by atoms with Gasteiger partial charge in [0, 0.05) is 11.6 Å². The Morgan fingerprint density at radius 1 is 1.21 bits per heavy atom. The van der Waals surface area contributed by atoms with E-state index in [0.717, 1.165) is 12.1 Å². The predicted octanol–water partition coefficient (Wildman–Crippen LogP) is 4.22. The van der Waals surface area contributed by atoms with E-state index in [9.17, 15) is 18.0 Å². The number of rotatable bonds is 3. The van der Waals surface area contributed by atoms with E-state index in [1.54, 1.807) is 31.3 Å². The van der Waals surface area contributed by atoms with Gasteiger partial charge in [0.15, 0.2) is 0 Å². The smallest absolute Gasteiger partial charge is 0.416 e. The van der Waals surface area contributed by atoms with Crippen molar-refractivity contribution in [1.29, 1.82) is 0 Å². The Morgan fingerprint density at radius 2 is 2.00 bits per heavy atom. The number of nitrogens with zero attached hydrogens (tertiary/aromatic N) is 2. The van der Waals surface area contributed by atoms with Crippen LogP contribution >= 0.6 is 0 Å². The van der Waals surface area contributed by atoms with Gasteiger partial charge in [-0.25, -0.2) is 9.48 Å². The zero-order valence-electron chi connectivity index (χ0n) is 12.7. The fraction of sp³-hybridized carbons (Fsp3) is 0.176. The lowest BCUT2D eigenvalue weighted by Gasteiger charge is -2.08. The number of carbonyl (C=O) groups excluding carboxylic acids is 1. The highest BCUT2D eigenvalue weighted by molar-refractivity contribution is 5.94. The van der Waals surface area contributed by atoms with Crippen LogP contribution < -0.4 is 0 Å². The summed E-state index contributed by atoms with van der Waals surface area (Å²) in [5.74, 6) is -0.453. The number of hydrogen-bond donors (Lipinski definition) is 0. The number of fused-ring (bicyclic) bond motifs is 1. The Kier molecular flexibility index (Phi) is 4.01. The molecule has 0 bridgehead atoms. The van der Waals surface area contributed by atoms with E-state index in [-0.39, 0.29) is 6.61 Å². The quantitative estimate of drug-likeness (QED) is 0.674. The minimum atomic E-state index is -4.42. The van der Waals surface area contributed by atoms with E-state index in [2.05, 4.69) is 5.10 Å². The zero-order valence-corrected chi connectivity index (χ0v) is 12.7. The van der Waals surface area contributed by atoms with Gasteiger partial charge < -0.3 is 4.74 Å². The molecule has 1 heterocycles. The third-order valence-corrected chi connectivity index (χ3v) is 3.45. The molecule has 24 heavy (non-hydrogen) atoms. The number of aromatic nitrogens is 2. The molecule has 0 saturated carbocycles.